The van der Waals surface area contributed by atoms with Gasteiger partial charge in [0.05, 0.1) is 40.6 Å². The summed E-state index contributed by atoms with van der Waals surface area (Å²) in [6.07, 6.45) is 0.0259. The van der Waals surface area contributed by atoms with Gasteiger partial charge in [-0.3, -0.25) is 28.2 Å². The highest BCUT2D eigenvalue weighted by Crippen LogP contribution is 2.58. The molecule has 2 saturated heterocycles. The van der Waals surface area contributed by atoms with Crippen molar-refractivity contribution in [1.82, 2.24) is 19.1 Å². The molecule has 1 N–H and O–H groups in total. The van der Waals surface area contributed by atoms with Gasteiger partial charge in [0.15, 0.2) is 0 Å². The number of nitrogens with one attached hydrogen (secondary N) is 1. The summed E-state index contributed by atoms with van der Waals surface area (Å²) in [6, 6.07) is 31.0. The number of rotatable bonds is 19. The van der Waals surface area contributed by atoms with Crippen LogP contribution in [0.1, 0.15) is 85.8 Å². The molecular formula is C50H61N4O11P. The number of aromatic amines is 1. The quantitative estimate of drug-likeness (QED) is 0.0627. The van der Waals surface area contributed by atoms with E-state index in [1.165, 1.54) is 10.8 Å². The number of aryl methyl sites for hydroxylation is 1. The average molecular weight is 925 g/mol. The highest BCUT2D eigenvalue weighted by atomic mass is 31.2. The van der Waals surface area contributed by atoms with Gasteiger partial charge in [0.1, 0.15) is 41.3 Å². The van der Waals surface area contributed by atoms with Gasteiger partial charge in [0.25, 0.3) is 11.5 Å². The smallest absolute Gasteiger partial charge is 0.409 e. The van der Waals surface area contributed by atoms with E-state index < -0.39 is 43.0 Å². The van der Waals surface area contributed by atoms with E-state index in [4.69, 9.17) is 32.7 Å². The molecule has 7 rings (SSSR count). The lowest BCUT2D eigenvalue weighted by Gasteiger charge is -2.39. The van der Waals surface area contributed by atoms with Crippen molar-refractivity contribution in [3.63, 3.8) is 0 Å². The molecule has 0 radical (unpaired) electrons. The Kier molecular flexibility index (Phi) is 15.4. The molecule has 3 heterocycles. The van der Waals surface area contributed by atoms with Crippen LogP contribution in [0.15, 0.2) is 119 Å². The summed E-state index contributed by atoms with van der Waals surface area (Å²) in [5.74, 6) is 1.80. The first-order chi connectivity index (χ1) is 31.7. The zero-order valence-electron chi connectivity index (χ0n) is 38.9. The fourth-order valence-electron chi connectivity index (χ4n) is 9.05. The third-order valence-electron chi connectivity index (χ3n) is 12.3. The summed E-state index contributed by atoms with van der Waals surface area (Å²) in [6.45, 7) is 9.62. The lowest BCUT2D eigenvalue weighted by Crippen LogP contribution is -2.42. The number of ether oxygens (including phenoxy) is 5. The highest BCUT2D eigenvalue weighted by Gasteiger charge is 2.49. The zero-order valence-corrected chi connectivity index (χ0v) is 39.8. The van der Waals surface area contributed by atoms with Gasteiger partial charge in [0, 0.05) is 42.4 Å². The van der Waals surface area contributed by atoms with Gasteiger partial charge >= 0.3 is 13.4 Å². The van der Waals surface area contributed by atoms with E-state index in [1.54, 1.807) is 62.1 Å². The molecule has 2 aliphatic rings. The van der Waals surface area contributed by atoms with Gasteiger partial charge in [0.2, 0.25) is 0 Å². The minimum Gasteiger partial charge on any atom is -0.497 e. The standard InChI is InChI=1S/C50H61N4O11P/c1-33(2)54(34(3)4)66(58,63-31-40-15-12-28-52(40)48(56)36-16-22-41(59-6)23-17-36)65-44-29-46(53-30-35(5)47(55)51-49(53)57)64-45(44)32-62-50(37-13-10-9-11-14-37,38-18-24-42(60-7)25-19-38)39-20-26-43(61-8)27-21-39/h9-11,13-14,16-27,30,33-34,40,44-46H,12,15,28-29,31-32H2,1-8H3,(H,51,55,57)/t40-,44+,45-,46-,66?/m1/s1. The Balaban J connectivity index is 1.27. The molecule has 1 unspecified atom stereocenters. The van der Waals surface area contributed by atoms with Crippen LogP contribution in [0, 0.1) is 6.92 Å². The molecule has 1 aromatic heterocycles. The number of hydrogen-bond donors (Lipinski definition) is 1. The maximum atomic E-state index is 15.8. The number of H-pyrrole nitrogens is 1. The summed E-state index contributed by atoms with van der Waals surface area (Å²) in [4.78, 5) is 43.9. The molecule has 4 aromatic carbocycles. The summed E-state index contributed by atoms with van der Waals surface area (Å²) >= 11 is 0. The number of carbonyl (C=O) groups excluding carboxylic acids is 1. The van der Waals surface area contributed by atoms with Crippen LogP contribution in [0.2, 0.25) is 0 Å². The van der Waals surface area contributed by atoms with E-state index in [0.29, 0.717) is 41.3 Å². The van der Waals surface area contributed by atoms with Gasteiger partial charge in [-0.15, -0.1) is 0 Å². The number of benzene rings is 4. The summed E-state index contributed by atoms with van der Waals surface area (Å²) in [7, 11) is 0.534. The zero-order chi connectivity index (χ0) is 47.2. The van der Waals surface area contributed by atoms with Crippen LogP contribution >= 0.6 is 7.75 Å². The third-order valence-corrected chi connectivity index (χ3v) is 14.8. The van der Waals surface area contributed by atoms with Crippen molar-refractivity contribution in [2.75, 3.05) is 41.1 Å². The Morgan fingerprint density at radius 2 is 1.35 bits per heavy atom. The molecule has 1 amide bonds. The number of aromatic nitrogens is 2. The van der Waals surface area contributed by atoms with Crippen LogP contribution in [0.4, 0.5) is 0 Å². The minimum atomic E-state index is -4.25. The normalized spacial score (nSPS) is 19.7. The van der Waals surface area contributed by atoms with E-state index in [1.807, 2.05) is 107 Å². The van der Waals surface area contributed by atoms with Crippen molar-refractivity contribution in [2.24, 2.45) is 0 Å². The number of methoxy groups -OCH3 is 3. The van der Waals surface area contributed by atoms with Crippen LogP contribution in [0.3, 0.4) is 0 Å². The summed E-state index contributed by atoms with van der Waals surface area (Å²) in [5.41, 5.74) is 0.762. The van der Waals surface area contributed by atoms with Crippen LogP contribution in [-0.4, -0.2) is 96.4 Å². The second kappa shape index (κ2) is 21.0. The molecular weight excluding hydrogens is 864 g/mol. The fourth-order valence-corrected chi connectivity index (χ4v) is 11.4. The van der Waals surface area contributed by atoms with Gasteiger partial charge in [-0.2, -0.15) is 0 Å². The maximum absolute atomic E-state index is 15.8. The summed E-state index contributed by atoms with van der Waals surface area (Å²) < 4.78 is 62.7. The molecule has 2 aliphatic heterocycles. The molecule has 352 valence electrons. The van der Waals surface area contributed by atoms with Crippen molar-refractivity contribution < 1.29 is 42.1 Å². The predicted octanol–water partition coefficient (Wildman–Crippen LogP) is 8.10. The third kappa shape index (κ3) is 10.2. The number of amides is 1. The molecule has 66 heavy (non-hydrogen) atoms. The number of hydrogen-bond acceptors (Lipinski definition) is 11. The van der Waals surface area contributed by atoms with E-state index in [2.05, 4.69) is 4.98 Å². The molecule has 16 heteroatoms. The Hall–Kier alpha value is -5.54. The first-order valence-corrected chi connectivity index (χ1v) is 23.8. The number of carbonyl (C=O) groups is 1. The van der Waals surface area contributed by atoms with Crippen molar-refractivity contribution in [3.8, 4) is 17.2 Å². The second-order valence-corrected chi connectivity index (χ2v) is 19.0. The van der Waals surface area contributed by atoms with Gasteiger partial charge in [-0.1, -0.05) is 54.6 Å². The topological polar surface area (TPSA) is 160 Å². The van der Waals surface area contributed by atoms with Crippen molar-refractivity contribution >= 4 is 13.7 Å². The Morgan fingerprint density at radius 3 is 1.89 bits per heavy atom. The molecule has 2 fully saturated rings. The van der Waals surface area contributed by atoms with Gasteiger partial charge in [-0.05, 0) is 113 Å². The molecule has 0 aliphatic carbocycles. The number of nitrogens with zero attached hydrogens (tertiary/aromatic N) is 3. The fraction of sp³-hybridized carbons (Fsp3) is 0.420. The first-order valence-electron chi connectivity index (χ1n) is 22.3. The van der Waals surface area contributed by atoms with Crippen molar-refractivity contribution in [3.05, 3.63) is 158 Å². The van der Waals surface area contributed by atoms with Crippen LogP contribution in [-0.2, 0) is 28.7 Å². The van der Waals surface area contributed by atoms with Gasteiger partial charge < -0.3 is 28.6 Å². The Bertz CT molecular complexity index is 2510. The number of likely N-dealkylation sites (tertiary alicyclic amines) is 1. The predicted molar refractivity (Wildman–Crippen MR) is 250 cm³/mol. The lowest BCUT2D eigenvalue weighted by molar-refractivity contribution is -0.0940. The molecule has 15 nitrogen and oxygen atoms in total. The van der Waals surface area contributed by atoms with Gasteiger partial charge in [-0.25, -0.2) is 14.0 Å². The van der Waals surface area contributed by atoms with Crippen LogP contribution in [0.5, 0.6) is 17.2 Å². The lowest BCUT2D eigenvalue weighted by atomic mass is 9.80. The summed E-state index contributed by atoms with van der Waals surface area (Å²) in [5, 5.41) is 0. The largest absolute Gasteiger partial charge is 0.497 e. The Morgan fingerprint density at radius 1 is 0.803 bits per heavy atom. The van der Waals surface area contributed by atoms with Crippen LogP contribution in [0.25, 0.3) is 0 Å². The SMILES string of the molecule is COc1ccc(C(=O)N2CCC[C@@H]2COP(=O)(O[C@H]2C[C@H](n3cc(C)c(=O)[nH]c3=O)O[C@@H]2COC(c2ccccc2)(c2ccc(OC)cc2)c2ccc(OC)cc2)N(C(C)C)C(C)C)cc1. The highest BCUT2D eigenvalue weighted by molar-refractivity contribution is 7.51. The first kappa shape index (κ1) is 48.4. The molecule has 0 saturated carbocycles. The second-order valence-electron chi connectivity index (χ2n) is 17.2. The Labute approximate surface area is 386 Å². The molecule has 5 atom stereocenters. The molecule has 0 bridgehead atoms. The molecule has 5 aromatic rings. The molecule has 0 spiro atoms. The van der Waals surface area contributed by atoms with E-state index >= 15 is 4.57 Å². The van der Waals surface area contributed by atoms with Crippen molar-refractivity contribution in [1.29, 1.82) is 0 Å². The van der Waals surface area contributed by atoms with Crippen LogP contribution < -0.4 is 25.5 Å². The average Bonchev–Trinajstić information content (AvgIpc) is 3.96. The van der Waals surface area contributed by atoms with E-state index in [9.17, 15) is 14.4 Å². The van der Waals surface area contributed by atoms with E-state index in [0.717, 1.165) is 23.1 Å². The maximum Gasteiger partial charge on any atom is 0.409 e. The minimum absolute atomic E-state index is 0.0473. The monoisotopic (exact) mass is 924 g/mol. The van der Waals surface area contributed by atoms with Crippen molar-refractivity contribution in [2.45, 2.75) is 96.0 Å². The van der Waals surface area contributed by atoms with E-state index in [-0.39, 0.29) is 43.7 Å².